The molecule has 3 unspecified atom stereocenters. The quantitative estimate of drug-likeness (QED) is 0.906. The van der Waals surface area contributed by atoms with Crippen LogP contribution >= 0.6 is 11.6 Å². The van der Waals surface area contributed by atoms with Crippen molar-refractivity contribution in [2.24, 2.45) is 5.73 Å². The Morgan fingerprint density at radius 3 is 2.58 bits per heavy atom. The van der Waals surface area contributed by atoms with E-state index in [9.17, 15) is 8.60 Å². The molecule has 5 heteroatoms. The zero-order valence-corrected chi connectivity index (χ0v) is 12.4. The van der Waals surface area contributed by atoms with E-state index in [4.69, 9.17) is 17.3 Å². The number of hydrogen-bond acceptors (Lipinski definition) is 2. The molecule has 0 amide bonds. The van der Waals surface area contributed by atoms with Gasteiger partial charge in [0.25, 0.3) is 0 Å². The van der Waals surface area contributed by atoms with E-state index < -0.39 is 16.6 Å². The molecule has 1 aromatic rings. The minimum Gasteiger partial charge on any atom is -0.327 e. The molecule has 1 aromatic carbocycles. The van der Waals surface area contributed by atoms with Gasteiger partial charge in [0.1, 0.15) is 5.82 Å². The van der Waals surface area contributed by atoms with Crippen LogP contribution in [0.4, 0.5) is 4.39 Å². The van der Waals surface area contributed by atoms with Crippen molar-refractivity contribution in [1.82, 2.24) is 0 Å². The highest BCUT2D eigenvalue weighted by Crippen LogP contribution is 2.26. The van der Waals surface area contributed by atoms with Gasteiger partial charge in [-0.15, -0.1) is 0 Å². The molecule has 1 aliphatic rings. The highest BCUT2D eigenvalue weighted by Gasteiger charge is 2.26. The van der Waals surface area contributed by atoms with Gasteiger partial charge in [0.05, 0.1) is 21.1 Å². The van der Waals surface area contributed by atoms with Crippen molar-refractivity contribution < 1.29 is 8.60 Å². The van der Waals surface area contributed by atoms with E-state index >= 15 is 0 Å². The molecule has 0 radical (unpaired) electrons. The largest absolute Gasteiger partial charge is 0.327 e. The Kier molecular flexibility index (Phi) is 5.37. The molecule has 0 bridgehead atoms. The molecule has 1 aliphatic carbocycles. The van der Waals surface area contributed by atoms with E-state index in [1.807, 2.05) is 0 Å². The molecule has 2 N–H and O–H groups in total. The van der Waals surface area contributed by atoms with Crippen molar-refractivity contribution in [1.29, 1.82) is 0 Å². The van der Waals surface area contributed by atoms with E-state index in [1.54, 1.807) is 6.07 Å². The highest BCUT2D eigenvalue weighted by molar-refractivity contribution is 7.85. The summed E-state index contributed by atoms with van der Waals surface area (Å²) in [6.45, 7) is 0. The average Bonchev–Trinajstić information content (AvgIpc) is 2.37. The third-order valence-electron chi connectivity index (χ3n) is 3.65. The molecule has 106 valence electrons. The Hall–Kier alpha value is -0.450. The number of benzene rings is 1. The fraction of sp³-hybridized carbons (Fsp3) is 0.571. The fourth-order valence-corrected chi connectivity index (χ4v) is 4.39. The van der Waals surface area contributed by atoms with Gasteiger partial charge in [-0.05, 0) is 31.0 Å². The molecule has 0 spiro atoms. The van der Waals surface area contributed by atoms with Crippen molar-refractivity contribution >= 4 is 22.4 Å². The third kappa shape index (κ3) is 3.77. The van der Waals surface area contributed by atoms with Crippen LogP contribution in [0.15, 0.2) is 23.1 Å². The molecule has 0 aliphatic heterocycles. The fourth-order valence-electron chi connectivity index (χ4n) is 2.52. The predicted molar refractivity (Wildman–Crippen MR) is 77.3 cm³/mol. The molecule has 1 saturated carbocycles. The van der Waals surface area contributed by atoms with E-state index in [0.717, 1.165) is 25.7 Å². The first kappa shape index (κ1) is 14.9. The minimum absolute atomic E-state index is 0.0188. The van der Waals surface area contributed by atoms with Crippen LogP contribution < -0.4 is 5.73 Å². The molecule has 3 atom stereocenters. The van der Waals surface area contributed by atoms with Crippen molar-refractivity contribution in [3.8, 4) is 0 Å². The number of hydrogen-bond donors (Lipinski definition) is 1. The van der Waals surface area contributed by atoms with Gasteiger partial charge in [0, 0.05) is 10.9 Å². The molecule has 2 rings (SSSR count). The first-order valence-electron chi connectivity index (χ1n) is 6.71. The van der Waals surface area contributed by atoms with E-state index in [1.165, 1.54) is 25.0 Å². The zero-order chi connectivity index (χ0) is 13.8. The van der Waals surface area contributed by atoms with Crippen LogP contribution in [0.5, 0.6) is 0 Å². The predicted octanol–water partition coefficient (Wildman–Crippen LogP) is 3.64. The lowest BCUT2D eigenvalue weighted by atomic mass is 9.97. The van der Waals surface area contributed by atoms with Gasteiger partial charge in [0.15, 0.2) is 0 Å². The Balaban J connectivity index is 2.18. The van der Waals surface area contributed by atoms with Crippen LogP contribution in [0.25, 0.3) is 0 Å². The Morgan fingerprint density at radius 1 is 1.21 bits per heavy atom. The van der Waals surface area contributed by atoms with Gasteiger partial charge >= 0.3 is 0 Å². The van der Waals surface area contributed by atoms with Crippen LogP contribution in [-0.2, 0) is 10.8 Å². The first-order chi connectivity index (χ1) is 9.09. The SMILES string of the molecule is NC1CCCCCCC1S(=O)c1ccc(F)c(Cl)c1. The molecule has 2 nitrogen and oxygen atoms in total. The molecule has 0 aromatic heterocycles. The lowest BCUT2D eigenvalue weighted by Gasteiger charge is -2.25. The van der Waals surface area contributed by atoms with Crippen molar-refractivity contribution in [2.45, 2.75) is 54.7 Å². The van der Waals surface area contributed by atoms with Gasteiger partial charge in [-0.25, -0.2) is 4.39 Å². The Labute approximate surface area is 121 Å². The first-order valence-corrected chi connectivity index (χ1v) is 8.30. The topological polar surface area (TPSA) is 43.1 Å². The average molecular weight is 304 g/mol. The number of rotatable bonds is 2. The van der Waals surface area contributed by atoms with Crippen LogP contribution in [0.3, 0.4) is 0 Å². The van der Waals surface area contributed by atoms with Crippen molar-refractivity contribution in [3.05, 3.63) is 29.0 Å². The zero-order valence-electron chi connectivity index (χ0n) is 10.8. The van der Waals surface area contributed by atoms with E-state index in [-0.39, 0.29) is 16.3 Å². The summed E-state index contributed by atoms with van der Waals surface area (Å²) >= 11 is 5.75. The van der Waals surface area contributed by atoms with Gasteiger partial charge < -0.3 is 5.73 Å². The van der Waals surface area contributed by atoms with Crippen LogP contribution in [-0.4, -0.2) is 15.5 Å². The van der Waals surface area contributed by atoms with Gasteiger partial charge in [0.2, 0.25) is 0 Å². The summed E-state index contributed by atoms with van der Waals surface area (Å²) in [5, 5.41) is -0.0351. The molecular weight excluding hydrogens is 285 g/mol. The highest BCUT2D eigenvalue weighted by atomic mass is 35.5. The molecule has 0 saturated heterocycles. The van der Waals surface area contributed by atoms with Crippen molar-refractivity contribution in [2.75, 3.05) is 0 Å². The molecule has 19 heavy (non-hydrogen) atoms. The van der Waals surface area contributed by atoms with Crippen LogP contribution in [0.2, 0.25) is 5.02 Å². The van der Waals surface area contributed by atoms with Crippen LogP contribution in [0, 0.1) is 5.82 Å². The third-order valence-corrected chi connectivity index (χ3v) is 5.80. The lowest BCUT2D eigenvalue weighted by molar-refractivity contribution is 0.456. The van der Waals surface area contributed by atoms with Crippen molar-refractivity contribution in [3.63, 3.8) is 0 Å². The lowest BCUT2D eigenvalue weighted by Crippen LogP contribution is -2.38. The summed E-state index contributed by atoms with van der Waals surface area (Å²) in [6, 6.07) is 4.22. The maximum absolute atomic E-state index is 13.1. The summed E-state index contributed by atoms with van der Waals surface area (Å²) in [5.41, 5.74) is 6.15. The van der Waals surface area contributed by atoms with Gasteiger partial charge in [-0.2, -0.15) is 0 Å². The number of halogens is 2. The second-order valence-electron chi connectivity index (χ2n) is 5.07. The second kappa shape index (κ2) is 6.82. The Bertz CT molecular complexity index is 469. The molecule has 0 heterocycles. The number of nitrogens with two attached hydrogens (primary N) is 1. The minimum atomic E-state index is -1.21. The Morgan fingerprint density at radius 2 is 1.89 bits per heavy atom. The second-order valence-corrected chi connectivity index (χ2v) is 7.15. The standard InChI is InChI=1S/C14H19ClFNOS/c15-11-9-10(7-8-12(11)16)19(18)14-6-4-2-1-3-5-13(14)17/h7-9,13-14H,1-6,17H2. The maximum Gasteiger partial charge on any atom is 0.141 e. The summed E-state index contributed by atoms with van der Waals surface area (Å²) in [7, 11) is -1.21. The summed E-state index contributed by atoms with van der Waals surface area (Å²) in [6.07, 6.45) is 6.30. The van der Waals surface area contributed by atoms with Crippen LogP contribution in [0.1, 0.15) is 38.5 Å². The maximum atomic E-state index is 13.1. The summed E-state index contributed by atoms with van der Waals surface area (Å²) < 4.78 is 25.7. The molecular formula is C14H19ClFNOS. The monoisotopic (exact) mass is 303 g/mol. The smallest absolute Gasteiger partial charge is 0.141 e. The molecule has 1 fully saturated rings. The van der Waals surface area contributed by atoms with E-state index in [0.29, 0.717) is 4.90 Å². The summed E-state index contributed by atoms with van der Waals surface area (Å²) in [5.74, 6) is -0.482. The normalized spacial score (nSPS) is 26.5. The van der Waals surface area contributed by atoms with E-state index in [2.05, 4.69) is 0 Å². The van der Waals surface area contributed by atoms with Gasteiger partial charge in [-0.3, -0.25) is 4.21 Å². The van der Waals surface area contributed by atoms with Gasteiger partial charge in [-0.1, -0.05) is 37.3 Å². The summed E-state index contributed by atoms with van der Waals surface area (Å²) in [4.78, 5) is 0.576.